The predicted molar refractivity (Wildman–Crippen MR) is 84.7 cm³/mol. The molecule has 2 atom stereocenters. The van der Waals surface area contributed by atoms with E-state index in [0.29, 0.717) is 5.56 Å². The van der Waals surface area contributed by atoms with Gasteiger partial charge in [-0.3, -0.25) is 4.79 Å². The number of nitrogens with zero attached hydrogens (tertiary/aromatic N) is 1. The van der Waals surface area contributed by atoms with Crippen LogP contribution in [0.5, 0.6) is 0 Å². The molecule has 3 nitrogen and oxygen atoms in total. The van der Waals surface area contributed by atoms with Crippen LogP contribution in [-0.4, -0.2) is 28.2 Å². The number of aliphatic hydroxyl groups excluding tert-OH is 1. The summed E-state index contributed by atoms with van der Waals surface area (Å²) in [6.07, 6.45) is -0.857. The first kappa shape index (κ1) is 16.0. The van der Waals surface area contributed by atoms with Crippen molar-refractivity contribution in [3.8, 4) is 0 Å². The number of rotatable bonds is 4. The van der Waals surface area contributed by atoms with Gasteiger partial charge in [0.25, 0.3) is 0 Å². The largest absolute Gasteiger partial charge is 0.387 e. The van der Waals surface area contributed by atoms with Crippen LogP contribution in [0.3, 0.4) is 0 Å². The molecule has 23 heavy (non-hydrogen) atoms. The van der Waals surface area contributed by atoms with E-state index in [9.17, 15) is 18.7 Å². The molecule has 0 bridgehead atoms. The second kappa shape index (κ2) is 6.68. The van der Waals surface area contributed by atoms with Crippen molar-refractivity contribution in [2.24, 2.45) is 0 Å². The van der Waals surface area contributed by atoms with Crippen molar-refractivity contribution in [3.63, 3.8) is 0 Å². The topological polar surface area (TPSA) is 40.5 Å². The number of aliphatic hydroxyl groups is 1. The predicted octanol–water partition coefficient (Wildman–Crippen LogP) is 3.27. The molecule has 2 aromatic carbocycles. The molecule has 120 valence electrons. The van der Waals surface area contributed by atoms with E-state index in [2.05, 4.69) is 0 Å². The van der Waals surface area contributed by atoms with Crippen LogP contribution in [0.15, 0.2) is 48.5 Å². The third-order valence-electron chi connectivity index (χ3n) is 3.75. The van der Waals surface area contributed by atoms with E-state index >= 15 is 0 Å². The van der Waals surface area contributed by atoms with E-state index in [1.54, 1.807) is 24.3 Å². The van der Waals surface area contributed by atoms with Gasteiger partial charge in [0.2, 0.25) is 5.91 Å². The molecule has 2 aromatic rings. The van der Waals surface area contributed by atoms with Crippen LogP contribution in [0, 0.1) is 11.6 Å². The average molecular weight is 335 g/mol. The fraction of sp³-hybridized carbons (Fsp3) is 0.235. The number of carbonyl (C=O) groups is 1. The molecule has 0 spiro atoms. The third kappa shape index (κ3) is 3.38. The normalized spacial score (nSPS) is 19.2. The average Bonchev–Trinajstić information content (AvgIpc) is 2.89. The Hall–Kier alpha value is -1.92. The number of benzene rings is 2. The van der Waals surface area contributed by atoms with Gasteiger partial charge in [0.05, 0.1) is 18.4 Å². The van der Waals surface area contributed by atoms with E-state index < -0.39 is 23.1 Å². The summed E-state index contributed by atoms with van der Waals surface area (Å²) in [5.74, 6) is -1.30. The molecule has 3 rings (SSSR count). The highest BCUT2D eigenvalue weighted by atomic mass is 32.2. The highest BCUT2D eigenvalue weighted by molar-refractivity contribution is 8.00. The molecule has 0 aliphatic carbocycles. The molecule has 0 saturated carbocycles. The van der Waals surface area contributed by atoms with Gasteiger partial charge in [0, 0.05) is 11.6 Å². The molecule has 1 aliphatic rings. The maximum atomic E-state index is 14.0. The van der Waals surface area contributed by atoms with Crippen LogP contribution < -0.4 is 0 Å². The van der Waals surface area contributed by atoms with Gasteiger partial charge in [-0.2, -0.15) is 0 Å². The quantitative estimate of drug-likeness (QED) is 0.932. The number of halogens is 2. The molecule has 1 saturated heterocycles. The maximum absolute atomic E-state index is 14.0. The van der Waals surface area contributed by atoms with E-state index in [1.807, 2.05) is 6.07 Å². The number of amides is 1. The van der Waals surface area contributed by atoms with Crippen LogP contribution >= 0.6 is 11.8 Å². The Morgan fingerprint density at radius 1 is 1.22 bits per heavy atom. The number of thioether (sulfide) groups is 1. The monoisotopic (exact) mass is 335 g/mol. The van der Waals surface area contributed by atoms with Gasteiger partial charge in [0.15, 0.2) is 0 Å². The summed E-state index contributed by atoms with van der Waals surface area (Å²) in [7, 11) is 0. The van der Waals surface area contributed by atoms with E-state index in [-0.39, 0.29) is 23.8 Å². The highest BCUT2D eigenvalue weighted by Crippen LogP contribution is 2.40. The summed E-state index contributed by atoms with van der Waals surface area (Å²) in [5.41, 5.74) is 0.943. The van der Waals surface area contributed by atoms with Gasteiger partial charge in [-0.15, -0.1) is 11.8 Å². The minimum absolute atomic E-state index is 0.0668. The molecular weight excluding hydrogens is 320 g/mol. The van der Waals surface area contributed by atoms with Gasteiger partial charge in [0.1, 0.15) is 17.0 Å². The molecule has 1 amide bonds. The van der Waals surface area contributed by atoms with Crippen molar-refractivity contribution in [1.82, 2.24) is 4.90 Å². The first-order valence-electron chi connectivity index (χ1n) is 7.15. The van der Waals surface area contributed by atoms with Crippen LogP contribution in [-0.2, 0) is 4.79 Å². The fourth-order valence-electron chi connectivity index (χ4n) is 2.58. The van der Waals surface area contributed by atoms with E-state index in [0.717, 1.165) is 6.07 Å². The van der Waals surface area contributed by atoms with Crippen LogP contribution in [0.1, 0.15) is 22.6 Å². The number of hydrogen-bond acceptors (Lipinski definition) is 3. The maximum Gasteiger partial charge on any atom is 0.233 e. The lowest BCUT2D eigenvalue weighted by Gasteiger charge is -2.27. The van der Waals surface area contributed by atoms with Gasteiger partial charge < -0.3 is 10.0 Å². The fourth-order valence-corrected chi connectivity index (χ4v) is 3.80. The van der Waals surface area contributed by atoms with Crippen molar-refractivity contribution in [3.05, 3.63) is 71.3 Å². The molecule has 0 radical (unpaired) electrons. The summed E-state index contributed by atoms with van der Waals surface area (Å²) >= 11 is 1.27. The SMILES string of the molecule is O=C1CS[C@@H](c2ccc(F)cc2F)N1C[C@H](O)c1ccccc1. The van der Waals surface area contributed by atoms with Crippen LogP contribution in [0.4, 0.5) is 8.78 Å². The summed E-state index contributed by atoms with van der Waals surface area (Å²) in [5, 5.41) is 9.77. The Balaban J connectivity index is 1.83. The second-order valence-electron chi connectivity index (χ2n) is 5.30. The van der Waals surface area contributed by atoms with Gasteiger partial charge >= 0.3 is 0 Å². The summed E-state index contributed by atoms with van der Waals surface area (Å²) < 4.78 is 27.1. The Morgan fingerprint density at radius 2 is 1.96 bits per heavy atom. The molecule has 0 aromatic heterocycles. The van der Waals surface area contributed by atoms with Crippen molar-refractivity contribution >= 4 is 17.7 Å². The zero-order chi connectivity index (χ0) is 16.4. The summed E-state index contributed by atoms with van der Waals surface area (Å²) in [6.45, 7) is 0.0668. The van der Waals surface area contributed by atoms with Crippen molar-refractivity contribution in [2.45, 2.75) is 11.5 Å². The molecule has 1 heterocycles. The van der Waals surface area contributed by atoms with Gasteiger partial charge in [-0.1, -0.05) is 36.4 Å². The summed E-state index contributed by atoms with van der Waals surface area (Å²) in [6, 6.07) is 12.3. The van der Waals surface area contributed by atoms with Crippen molar-refractivity contribution in [2.75, 3.05) is 12.3 Å². The Bertz CT molecular complexity index is 711. The zero-order valence-electron chi connectivity index (χ0n) is 12.2. The van der Waals surface area contributed by atoms with Gasteiger partial charge in [-0.05, 0) is 11.6 Å². The summed E-state index contributed by atoms with van der Waals surface area (Å²) in [4.78, 5) is 13.5. The van der Waals surface area contributed by atoms with Crippen molar-refractivity contribution in [1.29, 1.82) is 0 Å². The lowest BCUT2D eigenvalue weighted by Crippen LogP contribution is -2.32. The molecular formula is C17H15F2NO2S. The Kier molecular flexibility index (Phi) is 4.63. The van der Waals surface area contributed by atoms with Gasteiger partial charge in [-0.25, -0.2) is 8.78 Å². The Morgan fingerprint density at radius 3 is 2.65 bits per heavy atom. The van der Waals surface area contributed by atoms with E-state index in [1.165, 1.54) is 28.8 Å². The number of hydrogen-bond donors (Lipinski definition) is 1. The zero-order valence-corrected chi connectivity index (χ0v) is 13.0. The minimum atomic E-state index is -0.857. The number of carbonyl (C=O) groups excluding carboxylic acids is 1. The number of β-amino-alcohol motifs (C(OH)–C–C–N with tert-alkyl or cyclic N) is 1. The lowest BCUT2D eigenvalue weighted by molar-refractivity contribution is -0.129. The lowest BCUT2D eigenvalue weighted by atomic mass is 10.1. The Labute approximate surface area is 136 Å². The standard InChI is InChI=1S/C17H15F2NO2S/c18-12-6-7-13(14(19)8-12)17-20(16(22)10-23-17)9-15(21)11-4-2-1-3-5-11/h1-8,15,17,21H,9-10H2/t15-,17-/m0/s1. The van der Waals surface area contributed by atoms with Crippen molar-refractivity contribution < 1.29 is 18.7 Å². The first-order chi connectivity index (χ1) is 11.1. The smallest absolute Gasteiger partial charge is 0.233 e. The molecule has 1 N–H and O–H groups in total. The second-order valence-corrected chi connectivity index (χ2v) is 6.37. The third-order valence-corrected chi connectivity index (χ3v) is 4.99. The molecule has 1 fully saturated rings. The highest BCUT2D eigenvalue weighted by Gasteiger charge is 2.35. The van der Waals surface area contributed by atoms with E-state index in [4.69, 9.17) is 0 Å². The molecule has 0 unspecified atom stereocenters. The molecule has 1 aliphatic heterocycles. The minimum Gasteiger partial charge on any atom is -0.387 e. The first-order valence-corrected chi connectivity index (χ1v) is 8.20. The van der Waals surface area contributed by atoms with Crippen LogP contribution in [0.2, 0.25) is 0 Å². The molecule has 6 heteroatoms. The van der Waals surface area contributed by atoms with Crippen LogP contribution in [0.25, 0.3) is 0 Å².